The van der Waals surface area contributed by atoms with Crippen LogP contribution in [0.25, 0.3) is 16.8 Å². The van der Waals surface area contributed by atoms with Gasteiger partial charge in [0, 0.05) is 23.4 Å². The lowest BCUT2D eigenvalue weighted by Gasteiger charge is -2.22. The number of hydrogen-bond donors (Lipinski definition) is 3. The molecule has 3 heterocycles. The molecule has 2 aromatic heterocycles. The number of halogens is 2. The lowest BCUT2D eigenvalue weighted by molar-refractivity contribution is -0.119. The fourth-order valence-corrected chi connectivity index (χ4v) is 4.85. The molecule has 2 aromatic carbocycles. The lowest BCUT2D eigenvalue weighted by atomic mass is 9.95. The molecule has 5 rings (SSSR count). The largest absolute Gasteiger partial charge is 0.399 e. The van der Waals surface area contributed by atoms with Crippen molar-refractivity contribution in [2.75, 3.05) is 11.1 Å². The summed E-state index contributed by atoms with van der Waals surface area (Å²) in [5.41, 5.74) is 9.95. The smallest absolute Gasteiger partial charge is 0.274 e. The molecule has 11 heteroatoms. The molecular formula is C28H27ClFN7O2. The van der Waals surface area contributed by atoms with Gasteiger partial charge < -0.3 is 16.4 Å². The van der Waals surface area contributed by atoms with Gasteiger partial charge in [-0.1, -0.05) is 42.3 Å². The van der Waals surface area contributed by atoms with Crippen LogP contribution in [0.5, 0.6) is 0 Å². The maximum absolute atomic E-state index is 14.6. The van der Waals surface area contributed by atoms with E-state index in [0.717, 1.165) is 11.1 Å². The predicted molar refractivity (Wildman–Crippen MR) is 147 cm³/mol. The van der Waals surface area contributed by atoms with Crippen LogP contribution in [0.15, 0.2) is 54.7 Å². The molecule has 4 N–H and O–H groups in total. The number of nitrogens with one attached hydrogen (secondary N) is 2. The summed E-state index contributed by atoms with van der Waals surface area (Å²) in [6.07, 6.45) is 3.49. The van der Waals surface area contributed by atoms with Gasteiger partial charge in [0.15, 0.2) is 11.5 Å². The second kappa shape index (κ2) is 10.8. The van der Waals surface area contributed by atoms with Gasteiger partial charge in [0.25, 0.3) is 5.91 Å². The molecule has 0 aliphatic carbocycles. The van der Waals surface area contributed by atoms with Crippen LogP contribution < -0.4 is 16.4 Å². The second-order valence-electron chi connectivity index (χ2n) is 9.63. The molecule has 0 fully saturated rings. The minimum absolute atomic E-state index is 0.0558. The van der Waals surface area contributed by atoms with Crippen molar-refractivity contribution in [1.82, 2.24) is 25.3 Å². The Labute approximate surface area is 229 Å². The maximum atomic E-state index is 14.6. The normalized spacial score (nSPS) is 17.4. The molecule has 2 atom stereocenters. The number of amides is 2. The summed E-state index contributed by atoms with van der Waals surface area (Å²) in [5, 5.41) is 14.0. The molecule has 0 radical (unpaired) electrons. The van der Waals surface area contributed by atoms with Gasteiger partial charge >= 0.3 is 0 Å². The van der Waals surface area contributed by atoms with Gasteiger partial charge in [-0.05, 0) is 61.7 Å². The van der Waals surface area contributed by atoms with E-state index in [4.69, 9.17) is 17.3 Å². The fraction of sp³-hybridized carbons (Fsp3) is 0.250. The molecule has 0 unspecified atom stereocenters. The molecule has 2 bridgehead atoms. The van der Waals surface area contributed by atoms with Crippen LogP contribution in [-0.2, 0) is 4.79 Å². The summed E-state index contributed by atoms with van der Waals surface area (Å²) in [6, 6.07) is 13.2. The van der Waals surface area contributed by atoms with Crippen molar-refractivity contribution in [3.05, 3.63) is 82.6 Å². The number of benzene rings is 2. The van der Waals surface area contributed by atoms with Gasteiger partial charge in [0.05, 0.1) is 28.1 Å². The van der Waals surface area contributed by atoms with Crippen molar-refractivity contribution in [3.8, 4) is 16.8 Å². The fourth-order valence-electron chi connectivity index (χ4n) is 4.68. The Bertz CT molecular complexity index is 1570. The number of fused-ring (bicyclic) bond motifs is 4. The van der Waals surface area contributed by atoms with E-state index >= 15 is 0 Å². The van der Waals surface area contributed by atoms with Crippen LogP contribution in [0.2, 0.25) is 5.02 Å². The van der Waals surface area contributed by atoms with Gasteiger partial charge in [0.2, 0.25) is 5.91 Å². The van der Waals surface area contributed by atoms with Crippen molar-refractivity contribution >= 4 is 34.8 Å². The van der Waals surface area contributed by atoms with E-state index in [9.17, 15) is 14.0 Å². The molecule has 0 spiro atoms. The highest BCUT2D eigenvalue weighted by molar-refractivity contribution is 6.30. The van der Waals surface area contributed by atoms with Gasteiger partial charge in [-0.3, -0.25) is 14.6 Å². The zero-order valence-electron chi connectivity index (χ0n) is 21.4. The zero-order chi connectivity index (χ0) is 27.7. The molecule has 1 aliphatic heterocycles. The highest BCUT2D eigenvalue weighted by atomic mass is 35.5. The van der Waals surface area contributed by atoms with E-state index in [1.807, 2.05) is 25.1 Å². The van der Waals surface area contributed by atoms with Crippen molar-refractivity contribution in [3.63, 3.8) is 0 Å². The van der Waals surface area contributed by atoms with Crippen LogP contribution >= 0.6 is 11.6 Å². The molecule has 2 amide bonds. The summed E-state index contributed by atoms with van der Waals surface area (Å²) < 4.78 is 15.9. The monoisotopic (exact) mass is 547 g/mol. The van der Waals surface area contributed by atoms with Gasteiger partial charge in [-0.25, -0.2) is 9.07 Å². The first-order valence-electron chi connectivity index (χ1n) is 12.6. The Hall–Kier alpha value is -4.31. The standard InChI is InChI=1S/C28H27ClFN7O2/c1-15-5-3-7-21(23-13-17(11-12-32-23)19-10-9-18(31)14-22(19)34-27(15)38)33-28(39)26-16(2)37(36-35-26)24-8-4-6-20(29)25(24)30/h4,6,8-15,21H,3,5,7,31H2,1-2H3,(H,33,39)(H,34,38)/t15-,21+/m1/s1. The molecule has 4 aromatic rings. The van der Waals surface area contributed by atoms with Gasteiger partial charge in [-0.15, -0.1) is 5.10 Å². The van der Waals surface area contributed by atoms with Crippen molar-refractivity contribution in [1.29, 1.82) is 0 Å². The van der Waals surface area contributed by atoms with E-state index in [0.29, 0.717) is 42.0 Å². The Balaban J connectivity index is 1.49. The van der Waals surface area contributed by atoms with E-state index in [-0.39, 0.29) is 28.2 Å². The van der Waals surface area contributed by atoms with Crippen LogP contribution in [-0.4, -0.2) is 31.8 Å². The zero-order valence-corrected chi connectivity index (χ0v) is 22.2. The van der Waals surface area contributed by atoms with Crippen LogP contribution in [0, 0.1) is 18.7 Å². The third-order valence-electron chi connectivity index (χ3n) is 6.90. The van der Waals surface area contributed by atoms with Gasteiger partial charge in [0.1, 0.15) is 5.69 Å². The topological polar surface area (TPSA) is 128 Å². The summed E-state index contributed by atoms with van der Waals surface area (Å²) in [6.45, 7) is 3.51. The number of carbonyl (C=O) groups is 2. The maximum Gasteiger partial charge on any atom is 0.274 e. The number of anilines is 2. The predicted octanol–water partition coefficient (Wildman–Crippen LogP) is 5.24. The quantitative estimate of drug-likeness (QED) is 0.301. The Kier molecular flexibility index (Phi) is 7.30. The van der Waals surface area contributed by atoms with Crippen LogP contribution in [0.4, 0.5) is 15.8 Å². The molecule has 39 heavy (non-hydrogen) atoms. The number of aromatic nitrogens is 4. The van der Waals surface area contributed by atoms with Crippen molar-refractivity contribution < 1.29 is 14.0 Å². The average molecular weight is 548 g/mol. The minimum Gasteiger partial charge on any atom is -0.399 e. The van der Waals surface area contributed by atoms with Crippen molar-refractivity contribution in [2.24, 2.45) is 5.92 Å². The Morgan fingerprint density at radius 2 is 2.03 bits per heavy atom. The molecule has 200 valence electrons. The molecule has 0 saturated heterocycles. The minimum atomic E-state index is -0.653. The Morgan fingerprint density at radius 3 is 2.85 bits per heavy atom. The summed E-state index contributed by atoms with van der Waals surface area (Å²) >= 11 is 5.93. The van der Waals surface area contributed by atoms with E-state index in [1.165, 1.54) is 16.8 Å². The Morgan fingerprint density at radius 1 is 1.21 bits per heavy atom. The average Bonchev–Trinajstić information content (AvgIpc) is 3.30. The molecule has 0 saturated carbocycles. The number of hydrogen-bond acceptors (Lipinski definition) is 6. The number of nitrogen functional groups attached to an aromatic ring is 1. The number of rotatable bonds is 3. The molecule has 9 nitrogen and oxygen atoms in total. The number of nitrogens with two attached hydrogens (primary N) is 1. The molecular weight excluding hydrogens is 521 g/mol. The van der Waals surface area contributed by atoms with Crippen LogP contribution in [0.1, 0.15) is 54.1 Å². The first-order valence-corrected chi connectivity index (χ1v) is 12.9. The highest BCUT2D eigenvalue weighted by Gasteiger charge is 2.25. The highest BCUT2D eigenvalue weighted by Crippen LogP contribution is 2.33. The summed E-state index contributed by atoms with van der Waals surface area (Å²) in [5.74, 6) is -1.47. The third-order valence-corrected chi connectivity index (χ3v) is 7.19. The summed E-state index contributed by atoms with van der Waals surface area (Å²) in [4.78, 5) is 30.8. The second-order valence-corrected chi connectivity index (χ2v) is 10.0. The first-order chi connectivity index (χ1) is 18.7. The van der Waals surface area contributed by atoms with Crippen molar-refractivity contribution in [2.45, 2.75) is 39.2 Å². The van der Waals surface area contributed by atoms with Crippen LogP contribution in [0.3, 0.4) is 0 Å². The van der Waals surface area contributed by atoms with E-state index < -0.39 is 17.8 Å². The number of carbonyl (C=O) groups excluding carboxylic acids is 2. The van der Waals surface area contributed by atoms with E-state index in [1.54, 1.807) is 31.3 Å². The van der Waals surface area contributed by atoms with Gasteiger partial charge in [-0.2, -0.15) is 0 Å². The number of pyridine rings is 1. The first kappa shape index (κ1) is 26.3. The molecule has 1 aliphatic rings. The SMILES string of the molecule is Cc1c(C(=O)N[C@H]2CCC[C@@H](C)C(=O)Nc3cc(N)ccc3-c3ccnc2c3)nnn1-c1cccc(Cl)c1F. The van der Waals surface area contributed by atoms with E-state index in [2.05, 4.69) is 25.9 Å². The lowest BCUT2D eigenvalue weighted by Crippen LogP contribution is -2.30. The summed E-state index contributed by atoms with van der Waals surface area (Å²) in [7, 11) is 0. The third kappa shape index (κ3) is 5.33. The number of nitrogens with zero attached hydrogens (tertiary/aromatic N) is 4.